The third-order valence-electron chi connectivity index (χ3n) is 2.67. The monoisotopic (exact) mass is 250 g/mol. The van der Waals surface area contributed by atoms with Gasteiger partial charge in [-0.3, -0.25) is 0 Å². The standard InChI is InChI=1S/C11H13N3O2S/c1-5-7(3)17-10-8(5)9(12-4-13-10)14-6(2)11(15)16/h4,6H,1-3H3,(H,15,16)(H,12,13,14)/p-1/t6-/m1/s1. The Morgan fingerprint density at radius 3 is 2.82 bits per heavy atom. The Labute approximate surface area is 103 Å². The minimum absolute atomic E-state index is 0.550. The molecule has 0 unspecified atom stereocenters. The van der Waals surface area contributed by atoms with Gasteiger partial charge in [-0.25, -0.2) is 9.97 Å². The lowest BCUT2D eigenvalue weighted by Crippen LogP contribution is -2.38. The van der Waals surface area contributed by atoms with Crippen molar-refractivity contribution < 1.29 is 9.90 Å². The Kier molecular flexibility index (Phi) is 2.97. The van der Waals surface area contributed by atoms with E-state index in [-0.39, 0.29) is 0 Å². The van der Waals surface area contributed by atoms with Crippen LogP contribution in [0.4, 0.5) is 5.82 Å². The zero-order chi connectivity index (χ0) is 12.6. The topological polar surface area (TPSA) is 77.9 Å². The molecule has 0 aliphatic rings. The van der Waals surface area contributed by atoms with E-state index >= 15 is 0 Å². The lowest BCUT2D eigenvalue weighted by atomic mass is 10.2. The zero-order valence-electron chi connectivity index (χ0n) is 9.77. The first-order valence-corrected chi connectivity index (χ1v) is 6.00. The highest BCUT2D eigenvalue weighted by atomic mass is 32.1. The van der Waals surface area contributed by atoms with Gasteiger partial charge in [0, 0.05) is 4.88 Å². The first-order chi connectivity index (χ1) is 8.00. The number of hydrogen-bond donors (Lipinski definition) is 1. The number of fused-ring (bicyclic) bond motifs is 1. The molecule has 2 rings (SSSR count). The summed E-state index contributed by atoms with van der Waals surface area (Å²) in [5.74, 6) is -0.602. The van der Waals surface area contributed by atoms with Gasteiger partial charge in [-0.05, 0) is 26.3 Å². The van der Waals surface area contributed by atoms with Gasteiger partial charge in [0.05, 0.1) is 17.4 Å². The smallest absolute Gasteiger partial charge is 0.138 e. The molecule has 90 valence electrons. The van der Waals surface area contributed by atoms with E-state index in [1.54, 1.807) is 11.3 Å². The molecule has 1 N–H and O–H groups in total. The molecule has 0 spiro atoms. The van der Waals surface area contributed by atoms with E-state index < -0.39 is 12.0 Å². The quantitative estimate of drug-likeness (QED) is 0.874. The molecule has 2 heterocycles. The summed E-state index contributed by atoms with van der Waals surface area (Å²) in [6.45, 7) is 5.51. The van der Waals surface area contributed by atoms with E-state index in [1.807, 2.05) is 13.8 Å². The highest BCUT2D eigenvalue weighted by Crippen LogP contribution is 2.32. The van der Waals surface area contributed by atoms with E-state index in [4.69, 9.17) is 0 Å². The lowest BCUT2D eigenvalue weighted by molar-refractivity contribution is -0.306. The van der Waals surface area contributed by atoms with Crippen LogP contribution in [0.25, 0.3) is 10.2 Å². The molecular formula is C11H12N3O2S-. The van der Waals surface area contributed by atoms with Crippen LogP contribution in [0.3, 0.4) is 0 Å². The van der Waals surface area contributed by atoms with Crippen LogP contribution in [0, 0.1) is 13.8 Å². The van der Waals surface area contributed by atoms with Crippen molar-refractivity contribution in [3.8, 4) is 0 Å². The number of aromatic nitrogens is 2. The second-order valence-electron chi connectivity index (χ2n) is 3.87. The first kappa shape index (κ1) is 11.8. The summed E-state index contributed by atoms with van der Waals surface area (Å²) >= 11 is 1.57. The highest BCUT2D eigenvalue weighted by molar-refractivity contribution is 7.18. The molecule has 0 saturated heterocycles. The average Bonchev–Trinajstić information content (AvgIpc) is 2.56. The number of nitrogens with one attached hydrogen (secondary N) is 1. The number of carboxylic acids is 1. The number of aliphatic carboxylic acids is 1. The van der Waals surface area contributed by atoms with E-state index in [0.29, 0.717) is 5.82 Å². The number of carbonyl (C=O) groups excluding carboxylic acids is 1. The van der Waals surface area contributed by atoms with Gasteiger partial charge in [-0.2, -0.15) is 0 Å². The highest BCUT2D eigenvalue weighted by Gasteiger charge is 2.13. The van der Waals surface area contributed by atoms with E-state index in [2.05, 4.69) is 15.3 Å². The van der Waals surface area contributed by atoms with Crippen LogP contribution in [0.1, 0.15) is 17.4 Å². The number of aryl methyl sites for hydroxylation is 2. The van der Waals surface area contributed by atoms with Crippen molar-refractivity contribution in [2.24, 2.45) is 0 Å². The van der Waals surface area contributed by atoms with E-state index in [1.165, 1.54) is 13.3 Å². The Morgan fingerprint density at radius 1 is 1.47 bits per heavy atom. The Morgan fingerprint density at radius 2 is 2.18 bits per heavy atom. The van der Waals surface area contributed by atoms with Gasteiger partial charge in [-0.15, -0.1) is 11.3 Å². The van der Waals surface area contributed by atoms with Crippen LogP contribution in [-0.4, -0.2) is 22.0 Å². The van der Waals surface area contributed by atoms with Crippen LogP contribution in [0.2, 0.25) is 0 Å². The van der Waals surface area contributed by atoms with E-state index in [0.717, 1.165) is 20.7 Å². The van der Waals surface area contributed by atoms with Gasteiger partial charge in [0.1, 0.15) is 17.0 Å². The molecule has 5 nitrogen and oxygen atoms in total. The molecule has 2 aromatic heterocycles. The summed E-state index contributed by atoms with van der Waals surface area (Å²) in [6.07, 6.45) is 1.43. The molecule has 0 bridgehead atoms. The Bertz CT molecular complexity index is 579. The van der Waals surface area contributed by atoms with Crippen molar-refractivity contribution in [1.82, 2.24) is 9.97 Å². The minimum atomic E-state index is -1.15. The predicted molar refractivity (Wildman–Crippen MR) is 65.0 cm³/mol. The third kappa shape index (κ3) is 2.08. The fourth-order valence-electron chi connectivity index (χ4n) is 1.56. The summed E-state index contributed by atoms with van der Waals surface area (Å²) in [6, 6.07) is -0.785. The molecule has 0 aliphatic carbocycles. The average molecular weight is 250 g/mol. The fraction of sp³-hybridized carbons (Fsp3) is 0.364. The van der Waals surface area contributed by atoms with Crippen molar-refractivity contribution in [3.63, 3.8) is 0 Å². The summed E-state index contributed by atoms with van der Waals surface area (Å²) in [4.78, 5) is 21.0. The van der Waals surface area contributed by atoms with Crippen LogP contribution in [0.15, 0.2) is 6.33 Å². The fourth-order valence-corrected chi connectivity index (χ4v) is 2.55. The molecule has 0 radical (unpaired) electrons. The molecule has 17 heavy (non-hydrogen) atoms. The first-order valence-electron chi connectivity index (χ1n) is 5.18. The molecule has 0 aromatic carbocycles. The number of carboxylic acid groups (broad SMARTS) is 1. The number of carbonyl (C=O) groups is 1. The number of rotatable bonds is 3. The van der Waals surface area contributed by atoms with Gasteiger partial charge in [0.25, 0.3) is 0 Å². The maximum absolute atomic E-state index is 10.7. The summed E-state index contributed by atoms with van der Waals surface area (Å²) in [5.41, 5.74) is 1.08. The molecule has 6 heteroatoms. The van der Waals surface area contributed by atoms with Gasteiger partial charge in [0.15, 0.2) is 0 Å². The van der Waals surface area contributed by atoms with Crippen molar-refractivity contribution >= 4 is 33.3 Å². The molecule has 2 aromatic rings. The summed E-state index contributed by atoms with van der Waals surface area (Å²) < 4.78 is 0. The SMILES string of the molecule is Cc1sc2ncnc(N[C@H](C)C(=O)[O-])c2c1C. The number of thiophene rings is 1. The molecular weight excluding hydrogens is 238 g/mol. The number of anilines is 1. The normalized spacial score (nSPS) is 12.6. The van der Waals surface area contributed by atoms with E-state index in [9.17, 15) is 9.90 Å². The zero-order valence-corrected chi connectivity index (χ0v) is 10.6. The van der Waals surface area contributed by atoms with Gasteiger partial charge < -0.3 is 15.2 Å². The van der Waals surface area contributed by atoms with Gasteiger partial charge in [0.2, 0.25) is 0 Å². The Balaban J connectivity index is 2.50. The second kappa shape index (κ2) is 4.29. The third-order valence-corrected chi connectivity index (χ3v) is 3.79. The Hall–Kier alpha value is -1.69. The molecule has 0 fully saturated rings. The van der Waals surface area contributed by atoms with Crippen molar-refractivity contribution in [1.29, 1.82) is 0 Å². The molecule has 0 aliphatic heterocycles. The van der Waals surface area contributed by atoms with Crippen molar-refractivity contribution in [3.05, 3.63) is 16.8 Å². The maximum Gasteiger partial charge on any atom is 0.138 e. The van der Waals surface area contributed by atoms with Gasteiger partial charge in [-0.1, -0.05) is 0 Å². The second-order valence-corrected chi connectivity index (χ2v) is 5.07. The molecule has 0 amide bonds. The minimum Gasteiger partial charge on any atom is -0.548 e. The predicted octanol–water partition coefficient (Wildman–Crippen LogP) is 0.858. The van der Waals surface area contributed by atoms with Crippen molar-refractivity contribution in [2.75, 3.05) is 5.32 Å². The summed E-state index contributed by atoms with van der Waals surface area (Å²) in [5, 5.41) is 14.4. The number of hydrogen-bond acceptors (Lipinski definition) is 6. The van der Waals surface area contributed by atoms with Crippen LogP contribution >= 0.6 is 11.3 Å². The largest absolute Gasteiger partial charge is 0.548 e. The molecule has 0 saturated carbocycles. The van der Waals surface area contributed by atoms with Crippen LogP contribution in [0.5, 0.6) is 0 Å². The van der Waals surface area contributed by atoms with Gasteiger partial charge >= 0.3 is 0 Å². The summed E-state index contributed by atoms with van der Waals surface area (Å²) in [7, 11) is 0. The molecule has 1 atom stereocenters. The van der Waals surface area contributed by atoms with Crippen molar-refractivity contribution in [2.45, 2.75) is 26.8 Å². The lowest BCUT2D eigenvalue weighted by Gasteiger charge is -2.15. The van der Waals surface area contributed by atoms with Crippen LogP contribution < -0.4 is 10.4 Å². The number of nitrogens with zero attached hydrogens (tertiary/aromatic N) is 2. The maximum atomic E-state index is 10.7. The van der Waals surface area contributed by atoms with Crippen LogP contribution in [-0.2, 0) is 4.79 Å².